The molecule has 4 nitrogen and oxygen atoms in total. The van der Waals surface area contributed by atoms with Gasteiger partial charge >= 0.3 is 0 Å². The van der Waals surface area contributed by atoms with Gasteiger partial charge < -0.3 is 9.88 Å². The Balaban J connectivity index is 1.50. The fourth-order valence-electron chi connectivity index (χ4n) is 3.24. The summed E-state index contributed by atoms with van der Waals surface area (Å²) in [5.74, 6) is 0.242. The lowest BCUT2D eigenvalue weighted by Gasteiger charge is -2.34. The van der Waals surface area contributed by atoms with Crippen molar-refractivity contribution in [2.45, 2.75) is 26.8 Å². The molecule has 1 aromatic heterocycles. The van der Waals surface area contributed by atoms with E-state index in [1.165, 1.54) is 5.56 Å². The number of amides is 1. The topological polar surface area (TPSA) is 39.3 Å². The number of carbonyl (C=O) groups is 1. The molecule has 3 rings (SSSR count). The van der Waals surface area contributed by atoms with Crippen molar-refractivity contribution >= 4 is 5.91 Å². The van der Waals surface area contributed by atoms with Crippen LogP contribution in [0.15, 0.2) is 36.4 Å². The van der Waals surface area contributed by atoms with E-state index >= 15 is 0 Å². The molecule has 1 fully saturated rings. The number of hydrogen-bond acceptors (Lipinski definition) is 2. The van der Waals surface area contributed by atoms with Crippen LogP contribution in [0.5, 0.6) is 0 Å². The van der Waals surface area contributed by atoms with Gasteiger partial charge in [-0.15, -0.1) is 0 Å². The number of H-pyrrole nitrogens is 1. The van der Waals surface area contributed by atoms with E-state index in [4.69, 9.17) is 0 Å². The predicted octanol–water partition coefficient (Wildman–Crippen LogP) is 2.52. The average Bonchev–Trinajstić information content (AvgIpc) is 2.86. The van der Waals surface area contributed by atoms with E-state index < -0.39 is 0 Å². The molecule has 2 heterocycles. The molecule has 1 N–H and O–H groups in total. The Morgan fingerprint density at radius 2 is 1.78 bits per heavy atom. The second-order valence-corrected chi connectivity index (χ2v) is 6.42. The largest absolute Gasteiger partial charge is 0.362 e. The molecule has 1 amide bonds. The molecule has 0 saturated carbocycles. The molecule has 0 bridgehead atoms. The van der Waals surface area contributed by atoms with Crippen molar-refractivity contribution in [3.8, 4) is 0 Å². The van der Waals surface area contributed by atoms with E-state index in [9.17, 15) is 4.79 Å². The van der Waals surface area contributed by atoms with Crippen LogP contribution in [0.4, 0.5) is 0 Å². The van der Waals surface area contributed by atoms with Crippen molar-refractivity contribution in [3.05, 3.63) is 58.9 Å². The summed E-state index contributed by atoms with van der Waals surface area (Å²) in [4.78, 5) is 20.2. The molecule has 122 valence electrons. The molecule has 2 aromatic rings. The first-order chi connectivity index (χ1) is 11.1. The van der Waals surface area contributed by atoms with Gasteiger partial charge in [0, 0.05) is 44.1 Å². The first-order valence-corrected chi connectivity index (χ1v) is 8.31. The van der Waals surface area contributed by atoms with Gasteiger partial charge in [-0.2, -0.15) is 0 Å². The molecular formula is C19H25N3O. The zero-order valence-electron chi connectivity index (χ0n) is 14.0. The third kappa shape index (κ3) is 4.02. The van der Waals surface area contributed by atoms with Crippen LogP contribution >= 0.6 is 0 Å². The Labute approximate surface area is 138 Å². The molecule has 0 unspecified atom stereocenters. The predicted molar refractivity (Wildman–Crippen MR) is 92.3 cm³/mol. The Morgan fingerprint density at radius 1 is 1.09 bits per heavy atom. The Hall–Kier alpha value is -2.07. The number of benzene rings is 1. The van der Waals surface area contributed by atoms with Crippen molar-refractivity contribution in [2.75, 3.05) is 26.2 Å². The van der Waals surface area contributed by atoms with Crippen molar-refractivity contribution in [2.24, 2.45) is 0 Å². The second-order valence-electron chi connectivity index (χ2n) is 6.42. The quantitative estimate of drug-likeness (QED) is 0.942. The van der Waals surface area contributed by atoms with Crippen LogP contribution in [0.3, 0.4) is 0 Å². The lowest BCUT2D eigenvalue weighted by Crippen LogP contribution is -2.48. The van der Waals surface area contributed by atoms with Gasteiger partial charge in [0.05, 0.1) is 6.42 Å². The van der Waals surface area contributed by atoms with Crippen molar-refractivity contribution < 1.29 is 4.79 Å². The summed E-state index contributed by atoms with van der Waals surface area (Å²) in [6.45, 7) is 8.59. The lowest BCUT2D eigenvalue weighted by atomic mass is 10.1. The smallest absolute Gasteiger partial charge is 0.227 e. The van der Waals surface area contributed by atoms with Crippen LogP contribution in [-0.2, 0) is 17.8 Å². The third-order valence-corrected chi connectivity index (χ3v) is 4.57. The number of carbonyl (C=O) groups excluding carboxylic acids is 1. The molecule has 1 aliphatic rings. The fraction of sp³-hybridized carbons (Fsp3) is 0.421. The molecular weight excluding hydrogens is 286 g/mol. The maximum Gasteiger partial charge on any atom is 0.227 e. The van der Waals surface area contributed by atoms with E-state index in [-0.39, 0.29) is 5.91 Å². The molecule has 1 saturated heterocycles. The number of rotatable bonds is 4. The molecule has 23 heavy (non-hydrogen) atoms. The lowest BCUT2D eigenvalue weighted by molar-refractivity contribution is -0.132. The van der Waals surface area contributed by atoms with E-state index in [2.05, 4.69) is 40.2 Å². The van der Waals surface area contributed by atoms with E-state index in [1.54, 1.807) is 0 Å². The number of aryl methyl sites for hydroxylation is 2. The maximum absolute atomic E-state index is 12.5. The number of hydrogen-bond donors (Lipinski definition) is 1. The average molecular weight is 311 g/mol. The molecule has 1 aliphatic heterocycles. The highest BCUT2D eigenvalue weighted by atomic mass is 16.2. The number of aromatic nitrogens is 1. The summed E-state index contributed by atoms with van der Waals surface area (Å²) < 4.78 is 0. The van der Waals surface area contributed by atoms with Gasteiger partial charge in [0.25, 0.3) is 0 Å². The highest BCUT2D eigenvalue weighted by molar-refractivity contribution is 5.79. The van der Waals surface area contributed by atoms with Crippen LogP contribution in [0.1, 0.15) is 22.5 Å². The van der Waals surface area contributed by atoms with Gasteiger partial charge in [0.1, 0.15) is 0 Å². The monoisotopic (exact) mass is 311 g/mol. The molecule has 0 aliphatic carbocycles. The Kier molecular flexibility index (Phi) is 4.82. The van der Waals surface area contributed by atoms with Crippen LogP contribution in [-0.4, -0.2) is 46.9 Å². The SMILES string of the molecule is Cc1cc(CC(=O)N2CCN(Cc3ccccc3)CC2)c(C)[nH]1. The molecule has 0 atom stereocenters. The normalized spacial score (nSPS) is 15.8. The number of piperazine rings is 1. The minimum atomic E-state index is 0.242. The van der Waals surface area contributed by atoms with Crippen LogP contribution < -0.4 is 0 Å². The summed E-state index contributed by atoms with van der Waals surface area (Å²) in [6, 6.07) is 12.6. The second kappa shape index (κ2) is 7.01. The van der Waals surface area contributed by atoms with Gasteiger partial charge in [-0.3, -0.25) is 9.69 Å². The van der Waals surface area contributed by atoms with Gasteiger partial charge in [0.15, 0.2) is 0 Å². The molecule has 4 heteroatoms. The molecule has 0 radical (unpaired) electrons. The molecule has 0 spiro atoms. The maximum atomic E-state index is 12.5. The zero-order valence-corrected chi connectivity index (χ0v) is 14.0. The van der Waals surface area contributed by atoms with Crippen LogP contribution in [0.2, 0.25) is 0 Å². The Bertz CT molecular complexity index is 655. The minimum Gasteiger partial charge on any atom is -0.362 e. The standard InChI is InChI=1S/C19H25N3O/c1-15-12-18(16(2)20-15)13-19(23)22-10-8-21(9-11-22)14-17-6-4-3-5-7-17/h3-7,12,20H,8-11,13-14H2,1-2H3. The van der Waals surface area contributed by atoms with Gasteiger partial charge in [-0.05, 0) is 31.0 Å². The number of nitrogens with one attached hydrogen (secondary N) is 1. The Morgan fingerprint density at radius 3 is 2.39 bits per heavy atom. The highest BCUT2D eigenvalue weighted by Gasteiger charge is 2.21. The summed E-state index contributed by atoms with van der Waals surface area (Å²) in [7, 11) is 0. The van der Waals surface area contributed by atoms with Gasteiger partial charge in [-0.1, -0.05) is 30.3 Å². The highest BCUT2D eigenvalue weighted by Crippen LogP contribution is 2.13. The number of aromatic amines is 1. The summed E-state index contributed by atoms with van der Waals surface area (Å²) in [5, 5.41) is 0. The van der Waals surface area contributed by atoms with Gasteiger partial charge in [0.2, 0.25) is 5.91 Å². The van der Waals surface area contributed by atoms with Crippen molar-refractivity contribution in [3.63, 3.8) is 0 Å². The molecule has 1 aromatic carbocycles. The summed E-state index contributed by atoms with van der Waals surface area (Å²) in [6.07, 6.45) is 0.509. The first-order valence-electron chi connectivity index (χ1n) is 8.31. The van der Waals surface area contributed by atoms with E-state index in [1.807, 2.05) is 24.8 Å². The zero-order chi connectivity index (χ0) is 16.2. The summed E-state index contributed by atoms with van der Waals surface area (Å²) in [5.41, 5.74) is 4.70. The van der Waals surface area contributed by atoms with Gasteiger partial charge in [-0.25, -0.2) is 0 Å². The minimum absolute atomic E-state index is 0.242. The first kappa shape index (κ1) is 15.8. The third-order valence-electron chi connectivity index (χ3n) is 4.57. The van der Waals surface area contributed by atoms with E-state index in [0.29, 0.717) is 6.42 Å². The summed E-state index contributed by atoms with van der Waals surface area (Å²) >= 11 is 0. The van der Waals surface area contributed by atoms with Crippen molar-refractivity contribution in [1.82, 2.24) is 14.8 Å². The van der Waals surface area contributed by atoms with Crippen molar-refractivity contribution in [1.29, 1.82) is 0 Å². The van der Waals surface area contributed by atoms with Crippen LogP contribution in [0, 0.1) is 13.8 Å². The van der Waals surface area contributed by atoms with Crippen LogP contribution in [0.25, 0.3) is 0 Å². The van der Waals surface area contributed by atoms with E-state index in [0.717, 1.165) is 49.7 Å². The number of nitrogens with zero attached hydrogens (tertiary/aromatic N) is 2. The fourth-order valence-corrected chi connectivity index (χ4v) is 3.24.